The monoisotopic (exact) mass is 332 g/mol. The van der Waals surface area contributed by atoms with Crippen LogP contribution in [0.4, 0.5) is 11.4 Å². The van der Waals surface area contributed by atoms with Gasteiger partial charge in [-0.1, -0.05) is 13.8 Å². The zero-order chi connectivity index (χ0) is 17.9. The Morgan fingerprint density at radius 3 is 2.58 bits per heavy atom. The zero-order valence-electron chi connectivity index (χ0n) is 14.1. The third-order valence-electron chi connectivity index (χ3n) is 3.77. The van der Waals surface area contributed by atoms with E-state index in [1.165, 1.54) is 14.2 Å². The SMILES string of the molecule is COC(=O)/C=C(/Nc1ccc2c(c1)C(C)(C)CC(=O)N2)C(=O)OC. The smallest absolute Gasteiger partial charge is 0.354 e. The highest BCUT2D eigenvalue weighted by Gasteiger charge is 2.32. The third-order valence-corrected chi connectivity index (χ3v) is 3.77. The van der Waals surface area contributed by atoms with E-state index in [1.807, 2.05) is 19.9 Å². The molecule has 0 unspecified atom stereocenters. The number of amides is 1. The highest BCUT2D eigenvalue weighted by atomic mass is 16.5. The Balaban J connectivity index is 2.36. The first-order valence-electron chi connectivity index (χ1n) is 7.36. The first-order valence-corrected chi connectivity index (χ1v) is 7.36. The van der Waals surface area contributed by atoms with Gasteiger partial charge in [-0.25, -0.2) is 9.59 Å². The largest absolute Gasteiger partial charge is 0.466 e. The van der Waals surface area contributed by atoms with Crippen LogP contribution in [0.5, 0.6) is 0 Å². The van der Waals surface area contributed by atoms with Crippen molar-refractivity contribution in [2.24, 2.45) is 0 Å². The Bertz CT molecular complexity index is 722. The molecule has 7 nitrogen and oxygen atoms in total. The van der Waals surface area contributed by atoms with E-state index >= 15 is 0 Å². The second kappa shape index (κ2) is 6.74. The molecule has 0 aromatic heterocycles. The van der Waals surface area contributed by atoms with Gasteiger partial charge >= 0.3 is 11.9 Å². The summed E-state index contributed by atoms with van der Waals surface area (Å²) in [5, 5.41) is 5.69. The van der Waals surface area contributed by atoms with Gasteiger partial charge in [0, 0.05) is 23.2 Å². The maximum atomic E-state index is 11.8. The molecule has 1 aromatic rings. The number of benzene rings is 1. The van der Waals surface area contributed by atoms with Crippen LogP contribution in [0.25, 0.3) is 0 Å². The van der Waals surface area contributed by atoms with Crippen molar-refractivity contribution in [1.29, 1.82) is 0 Å². The van der Waals surface area contributed by atoms with Crippen molar-refractivity contribution in [1.82, 2.24) is 0 Å². The molecule has 1 aliphatic rings. The van der Waals surface area contributed by atoms with Gasteiger partial charge in [0.15, 0.2) is 0 Å². The van der Waals surface area contributed by atoms with Crippen LogP contribution >= 0.6 is 0 Å². The predicted octanol–water partition coefficient (Wildman–Crippen LogP) is 1.95. The van der Waals surface area contributed by atoms with Gasteiger partial charge in [-0.3, -0.25) is 4.79 Å². The van der Waals surface area contributed by atoms with E-state index in [0.717, 1.165) is 17.3 Å². The summed E-state index contributed by atoms with van der Waals surface area (Å²) in [6, 6.07) is 5.29. The van der Waals surface area contributed by atoms with Gasteiger partial charge in [0.2, 0.25) is 5.91 Å². The summed E-state index contributed by atoms with van der Waals surface area (Å²) in [7, 11) is 2.44. The first kappa shape index (κ1) is 17.5. The Hall–Kier alpha value is -2.83. The third kappa shape index (κ3) is 3.73. The lowest BCUT2D eigenvalue weighted by molar-refractivity contribution is -0.138. The number of anilines is 2. The van der Waals surface area contributed by atoms with E-state index < -0.39 is 11.9 Å². The van der Waals surface area contributed by atoms with Crippen LogP contribution in [0.15, 0.2) is 30.0 Å². The average molecular weight is 332 g/mol. The molecule has 1 amide bonds. The second-order valence-electron chi connectivity index (χ2n) is 6.07. The van der Waals surface area contributed by atoms with Gasteiger partial charge in [-0.15, -0.1) is 0 Å². The van der Waals surface area contributed by atoms with Crippen LogP contribution in [0.2, 0.25) is 0 Å². The number of rotatable bonds is 4. The second-order valence-corrected chi connectivity index (χ2v) is 6.07. The quantitative estimate of drug-likeness (QED) is 0.646. The van der Waals surface area contributed by atoms with Crippen molar-refractivity contribution in [2.45, 2.75) is 25.7 Å². The van der Waals surface area contributed by atoms with Gasteiger partial charge in [-0.05, 0) is 23.8 Å². The number of methoxy groups -OCH3 is 2. The predicted molar refractivity (Wildman–Crippen MR) is 88.5 cm³/mol. The molecule has 0 spiro atoms. The van der Waals surface area contributed by atoms with Gasteiger partial charge in [0.05, 0.1) is 20.3 Å². The fourth-order valence-electron chi connectivity index (χ4n) is 2.57. The lowest BCUT2D eigenvalue weighted by atomic mass is 9.78. The van der Waals surface area contributed by atoms with Crippen LogP contribution in [0.3, 0.4) is 0 Å². The van der Waals surface area contributed by atoms with Gasteiger partial charge in [-0.2, -0.15) is 0 Å². The maximum Gasteiger partial charge on any atom is 0.354 e. The van der Waals surface area contributed by atoms with E-state index in [0.29, 0.717) is 12.1 Å². The molecule has 7 heteroatoms. The van der Waals surface area contributed by atoms with E-state index in [9.17, 15) is 14.4 Å². The number of fused-ring (bicyclic) bond motifs is 1. The molecule has 1 aliphatic heterocycles. The molecule has 128 valence electrons. The van der Waals surface area contributed by atoms with E-state index in [-0.39, 0.29) is 17.0 Å². The van der Waals surface area contributed by atoms with Crippen molar-refractivity contribution in [3.05, 3.63) is 35.5 Å². The molecule has 2 rings (SSSR count). The van der Waals surface area contributed by atoms with E-state index in [4.69, 9.17) is 0 Å². The average Bonchev–Trinajstić information content (AvgIpc) is 2.53. The first-order chi connectivity index (χ1) is 11.3. The molecule has 0 atom stereocenters. The van der Waals surface area contributed by atoms with Gasteiger partial charge in [0.1, 0.15) is 5.70 Å². The van der Waals surface area contributed by atoms with Crippen LogP contribution in [0.1, 0.15) is 25.8 Å². The normalized spacial score (nSPS) is 15.8. The number of nitrogens with one attached hydrogen (secondary N) is 2. The molecule has 0 fully saturated rings. The van der Waals surface area contributed by atoms with Crippen molar-refractivity contribution >= 4 is 29.2 Å². The Morgan fingerprint density at radius 1 is 1.25 bits per heavy atom. The maximum absolute atomic E-state index is 11.8. The van der Waals surface area contributed by atoms with Crippen molar-refractivity contribution in [2.75, 3.05) is 24.9 Å². The number of ether oxygens (including phenoxy) is 2. The number of esters is 2. The molecular formula is C17H20N2O5. The minimum atomic E-state index is -0.689. The van der Waals surface area contributed by atoms with Crippen LogP contribution in [-0.4, -0.2) is 32.1 Å². The highest BCUT2D eigenvalue weighted by Crippen LogP contribution is 2.38. The number of hydrogen-bond acceptors (Lipinski definition) is 6. The summed E-state index contributed by atoms with van der Waals surface area (Å²) in [4.78, 5) is 35.0. The fraction of sp³-hybridized carbons (Fsp3) is 0.353. The Labute approximate surface area is 140 Å². The summed E-state index contributed by atoms with van der Waals surface area (Å²) >= 11 is 0. The lowest BCUT2D eigenvalue weighted by Gasteiger charge is -2.32. The molecule has 0 aliphatic carbocycles. The molecule has 1 aromatic carbocycles. The van der Waals surface area contributed by atoms with E-state index in [2.05, 4.69) is 20.1 Å². The van der Waals surface area contributed by atoms with Crippen LogP contribution in [-0.2, 0) is 29.3 Å². The summed E-state index contributed by atoms with van der Waals surface area (Å²) in [5.41, 5.74) is 1.89. The van der Waals surface area contributed by atoms with Crippen molar-refractivity contribution in [3.63, 3.8) is 0 Å². The number of carbonyl (C=O) groups is 3. The molecule has 0 saturated heterocycles. The van der Waals surface area contributed by atoms with Crippen LogP contribution in [0, 0.1) is 0 Å². The fourth-order valence-corrected chi connectivity index (χ4v) is 2.57. The van der Waals surface area contributed by atoms with Crippen molar-refractivity contribution in [3.8, 4) is 0 Å². The van der Waals surface area contributed by atoms with Gasteiger partial charge < -0.3 is 20.1 Å². The topological polar surface area (TPSA) is 93.7 Å². The molecule has 24 heavy (non-hydrogen) atoms. The highest BCUT2D eigenvalue weighted by molar-refractivity contribution is 5.99. The zero-order valence-corrected chi connectivity index (χ0v) is 14.1. The minimum absolute atomic E-state index is 0.0333. The summed E-state index contributed by atoms with van der Waals surface area (Å²) < 4.78 is 9.20. The molecule has 1 heterocycles. The standard InChI is InChI=1S/C17H20N2O5/c1-17(2)9-14(20)19-12-6-5-10(7-11(12)17)18-13(16(22)24-4)8-15(21)23-3/h5-8,18H,9H2,1-4H3,(H,19,20)/b13-8+. The summed E-state index contributed by atoms with van der Waals surface area (Å²) in [5.74, 6) is -1.40. The lowest BCUT2D eigenvalue weighted by Crippen LogP contribution is -2.32. The van der Waals surface area contributed by atoms with Gasteiger partial charge in [0.25, 0.3) is 0 Å². The Kier molecular flexibility index (Phi) is 4.92. The molecular weight excluding hydrogens is 312 g/mol. The van der Waals surface area contributed by atoms with E-state index in [1.54, 1.807) is 12.1 Å². The number of hydrogen-bond donors (Lipinski definition) is 2. The Morgan fingerprint density at radius 2 is 1.96 bits per heavy atom. The molecule has 0 radical (unpaired) electrons. The summed E-state index contributed by atoms with van der Waals surface area (Å²) in [6.45, 7) is 3.94. The summed E-state index contributed by atoms with van der Waals surface area (Å²) in [6.07, 6.45) is 1.39. The molecule has 0 bridgehead atoms. The van der Waals surface area contributed by atoms with Crippen LogP contribution < -0.4 is 10.6 Å². The molecule has 2 N–H and O–H groups in total. The molecule has 0 saturated carbocycles. The number of carbonyl (C=O) groups excluding carboxylic acids is 3. The minimum Gasteiger partial charge on any atom is -0.466 e. The van der Waals surface area contributed by atoms with Crippen molar-refractivity contribution < 1.29 is 23.9 Å².